The van der Waals surface area contributed by atoms with Crippen LogP contribution in [-0.2, 0) is 12.8 Å². The van der Waals surface area contributed by atoms with E-state index < -0.39 is 0 Å². The second-order valence-corrected chi connectivity index (χ2v) is 8.36. The van der Waals surface area contributed by atoms with Gasteiger partial charge in [-0.25, -0.2) is 9.97 Å². The molecule has 1 aliphatic rings. The maximum atomic E-state index is 5.36. The zero-order valence-corrected chi connectivity index (χ0v) is 16.9. The number of rotatable bonds is 4. The lowest BCUT2D eigenvalue weighted by Gasteiger charge is -2.16. The van der Waals surface area contributed by atoms with Crippen molar-refractivity contribution in [2.45, 2.75) is 46.1 Å². The van der Waals surface area contributed by atoms with Crippen molar-refractivity contribution in [3.8, 4) is 11.4 Å². The van der Waals surface area contributed by atoms with Gasteiger partial charge in [-0.05, 0) is 57.7 Å². The predicted molar refractivity (Wildman–Crippen MR) is 111 cm³/mol. The fourth-order valence-corrected chi connectivity index (χ4v) is 5.37. The molecular formula is C21H21N5OS. The molecule has 1 atom stereocenters. The molecule has 142 valence electrons. The van der Waals surface area contributed by atoms with Gasteiger partial charge in [0.2, 0.25) is 0 Å². The minimum absolute atomic E-state index is 0.0306. The van der Waals surface area contributed by atoms with Gasteiger partial charge in [0.25, 0.3) is 0 Å². The van der Waals surface area contributed by atoms with E-state index in [-0.39, 0.29) is 6.04 Å². The summed E-state index contributed by atoms with van der Waals surface area (Å²) in [5.74, 6) is 2.43. The van der Waals surface area contributed by atoms with Crippen LogP contribution in [0.1, 0.15) is 46.8 Å². The van der Waals surface area contributed by atoms with Gasteiger partial charge in [0.1, 0.15) is 16.4 Å². The fraction of sp³-hybridized carbons (Fsp3) is 0.333. The third-order valence-electron chi connectivity index (χ3n) is 5.36. The number of hydrogen-bond donors (Lipinski definition) is 1. The molecule has 28 heavy (non-hydrogen) atoms. The fourth-order valence-electron chi connectivity index (χ4n) is 4.11. The summed E-state index contributed by atoms with van der Waals surface area (Å²) < 4.78 is 5.36. The first-order valence-electron chi connectivity index (χ1n) is 9.54. The predicted octanol–water partition coefficient (Wildman–Crippen LogP) is 5.02. The molecule has 0 aliphatic heterocycles. The van der Waals surface area contributed by atoms with Crippen LogP contribution in [0.2, 0.25) is 0 Å². The summed E-state index contributed by atoms with van der Waals surface area (Å²) in [6.07, 6.45) is 7.02. The van der Waals surface area contributed by atoms with E-state index in [9.17, 15) is 0 Å². The SMILES string of the molecule is Cc1noc(C)c1C(C)Nc1nc(-c2cccnc2)nc2sc3c(c12)CCC3. The van der Waals surface area contributed by atoms with Gasteiger partial charge in [-0.2, -0.15) is 0 Å². The van der Waals surface area contributed by atoms with Crippen molar-refractivity contribution in [2.75, 3.05) is 5.32 Å². The second-order valence-electron chi connectivity index (χ2n) is 7.28. The van der Waals surface area contributed by atoms with Gasteiger partial charge in [0.15, 0.2) is 5.82 Å². The highest BCUT2D eigenvalue weighted by atomic mass is 32.1. The van der Waals surface area contributed by atoms with E-state index in [1.165, 1.54) is 22.2 Å². The molecule has 4 aromatic rings. The third-order valence-corrected chi connectivity index (χ3v) is 6.54. The molecular weight excluding hydrogens is 370 g/mol. The number of nitrogens with zero attached hydrogens (tertiary/aromatic N) is 4. The van der Waals surface area contributed by atoms with E-state index in [2.05, 4.69) is 22.4 Å². The van der Waals surface area contributed by atoms with E-state index in [0.29, 0.717) is 5.82 Å². The second kappa shape index (κ2) is 6.67. The molecule has 0 saturated carbocycles. The number of anilines is 1. The van der Waals surface area contributed by atoms with Crippen LogP contribution in [0.5, 0.6) is 0 Å². The molecule has 4 aromatic heterocycles. The Morgan fingerprint density at radius 2 is 2.11 bits per heavy atom. The Balaban J connectivity index is 1.65. The van der Waals surface area contributed by atoms with Crippen LogP contribution >= 0.6 is 11.3 Å². The van der Waals surface area contributed by atoms with E-state index in [1.807, 2.05) is 32.2 Å². The molecule has 1 N–H and O–H groups in total. The summed E-state index contributed by atoms with van der Waals surface area (Å²) in [5, 5.41) is 8.90. The molecule has 1 aliphatic carbocycles. The molecule has 1 unspecified atom stereocenters. The standard InChI is InChI=1S/C21H21N5OS/c1-11(17-12(2)26-27-13(17)3)23-20-18-15-7-4-8-16(15)28-21(18)25-19(24-20)14-6-5-9-22-10-14/h5-6,9-11H,4,7-8H2,1-3H3,(H,23,24,25). The average molecular weight is 392 g/mol. The number of pyridine rings is 1. The van der Waals surface area contributed by atoms with Crippen LogP contribution in [0.3, 0.4) is 0 Å². The third kappa shape index (κ3) is 2.77. The Hall–Kier alpha value is -2.80. The summed E-state index contributed by atoms with van der Waals surface area (Å²) in [4.78, 5) is 16.5. The largest absolute Gasteiger partial charge is 0.363 e. The molecule has 6 nitrogen and oxygen atoms in total. The quantitative estimate of drug-likeness (QED) is 0.526. The topological polar surface area (TPSA) is 76.7 Å². The molecule has 0 fully saturated rings. The maximum absolute atomic E-state index is 5.36. The molecule has 0 aromatic carbocycles. The van der Waals surface area contributed by atoms with Gasteiger partial charge in [-0.3, -0.25) is 4.98 Å². The molecule has 5 rings (SSSR count). The van der Waals surface area contributed by atoms with Crippen LogP contribution in [0.4, 0.5) is 5.82 Å². The first-order valence-corrected chi connectivity index (χ1v) is 10.4. The number of thiophene rings is 1. The summed E-state index contributed by atoms with van der Waals surface area (Å²) >= 11 is 1.80. The van der Waals surface area contributed by atoms with Gasteiger partial charge in [0.05, 0.1) is 17.1 Å². The Labute approximate surface area is 167 Å². The highest BCUT2D eigenvalue weighted by Crippen LogP contribution is 2.41. The Morgan fingerprint density at radius 3 is 2.86 bits per heavy atom. The molecule has 4 heterocycles. The van der Waals surface area contributed by atoms with Crippen molar-refractivity contribution < 1.29 is 4.52 Å². The average Bonchev–Trinajstić information content (AvgIpc) is 3.36. The van der Waals surface area contributed by atoms with E-state index in [4.69, 9.17) is 14.5 Å². The Morgan fingerprint density at radius 1 is 1.21 bits per heavy atom. The number of fused-ring (bicyclic) bond motifs is 3. The molecule has 0 radical (unpaired) electrons. The smallest absolute Gasteiger partial charge is 0.164 e. The number of nitrogens with one attached hydrogen (secondary N) is 1. The van der Waals surface area contributed by atoms with Crippen molar-refractivity contribution >= 4 is 27.4 Å². The van der Waals surface area contributed by atoms with Crippen LogP contribution in [-0.4, -0.2) is 20.1 Å². The minimum Gasteiger partial charge on any atom is -0.363 e. The van der Waals surface area contributed by atoms with Crippen LogP contribution < -0.4 is 5.32 Å². The maximum Gasteiger partial charge on any atom is 0.164 e. The highest BCUT2D eigenvalue weighted by molar-refractivity contribution is 7.19. The van der Waals surface area contributed by atoms with Gasteiger partial charge in [0, 0.05) is 28.4 Å². The minimum atomic E-state index is 0.0306. The zero-order valence-electron chi connectivity index (χ0n) is 16.1. The lowest BCUT2D eigenvalue weighted by Crippen LogP contribution is -2.11. The molecule has 0 amide bonds. The van der Waals surface area contributed by atoms with E-state index in [1.54, 1.807) is 17.5 Å². The first-order chi connectivity index (χ1) is 13.6. The summed E-state index contributed by atoms with van der Waals surface area (Å²) in [6, 6.07) is 3.94. The molecule has 0 saturated heterocycles. The zero-order chi connectivity index (χ0) is 19.3. The Kier molecular flexibility index (Phi) is 4.12. The van der Waals surface area contributed by atoms with Crippen molar-refractivity contribution in [3.05, 3.63) is 52.0 Å². The van der Waals surface area contributed by atoms with Gasteiger partial charge in [-0.1, -0.05) is 5.16 Å². The van der Waals surface area contributed by atoms with Crippen molar-refractivity contribution in [1.29, 1.82) is 0 Å². The summed E-state index contributed by atoms with van der Waals surface area (Å²) in [7, 11) is 0. The molecule has 0 bridgehead atoms. The van der Waals surface area contributed by atoms with Crippen LogP contribution in [0, 0.1) is 13.8 Å². The van der Waals surface area contributed by atoms with Gasteiger partial charge < -0.3 is 9.84 Å². The number of aromatic nitrogens is 4. The highest BCUT2D eigenvalue weighted by Gasteiger charge is 2.25. The lowest BCUT2D eigenvalue weighted by atomic mass is 10.1. The first kappa shape index (κ1) is 17.3. The van der Waals surface area contributed by atoms with Crippen molar-refractivity contribution in [1.82, 2.24) is 20.1 Å². The van der Waals surface area contributed by atoms with Gasteiger partial charge >= 0.3 is 0 Å². The van der Waals surface area contributed by atoms with Crippen molar-refractivity contribution in [3.63, 3.8) is 0 Å². The lowest BCUT2D eigenvalue weighted by molar-refractivity contribution is 0.392. The normalized spacial score (nSPS) is 14.4. The Bertz CT molecular complexity index is 1150. The summed E-state index contributed by atoms with van der Waals surface area (Å²) in [6.45, 7) is 6.05. The van der Waals surface area contributed by atoms with E-state index in [0.717, 1.165) is 46.1 Å². The molecule has 7 heteroatoms. The van der Waals surface area contributed by atoms with Crippen molar-refractivity contribution in [2.24, 2.45) is 0 Å². The molecule has 0 spiro atoms. The van der Waals surface area contributed by atoms with Crippen LogP contribution in [0.25, 0.3) is 21.6 Å². The monoisotopic (exact) mass is 391 g/mol. The number of aryl methyl sites for hydroxylation is 4. The van der Waals surface area contributed by atoms with Crippen LogP contribution in [0.15, 0.2) is 29.0 Å². The summed E-state index contributed by atoms with van der Waals surface area (Å²) in [5.41, 5.74) is 4.32. The van der Waals surface area contributed by atoms with E-state index >= 15 is 0 Å². The van der Waals surface area contributed by atoms with Gasteiger partial charge in [-0.15, -0.1) is 11.3 Å². The number of hydrogen-bond acceptors (Lipinski definition) is 7.